The summed E-state index contributed by atoms with van der Waals surface area (Å²) in [5.41, 5.74) is 4.25. The Hall–Kier alpha value is -3.37. The monoisotopic (exact) mass is 539 g/mol. The summed E-state index contributed by atoms with van der Waals surface area (Å²) < 4.78 is 0. The number of nitrogens with one attached hydrogen (secondary N) is 1. The molecule has 0 bridgehead atoms. The van der Waals surface area contributed by atoms with E-state index >= 15 is 0 Å². The van der Waals surface area contributed by atoms with Gasteiger partial charge in [-0.05, 0) is 61.3 Å². The van der Waals surface area contributed by atoms with E-state index in [1.54, 1.807) is 6.07 Å². The molecule has 2 fully saturated rings. The quantitative estimate of drug-likeness (QED) is 0.296. The highest BCUT2D eigenvalue weighted by molar-refractivity contribution is 6.22. The van der Waals surface area contributed by atoms with Crippen molar-refractivity contribution in [2.24, 2.45) is 23.5 Å². The van der Waals surface area contributed by atoms with E-state index in [0.717, 1.165) is 17.8 Å². The molecule has 5 rings (SSSR count). The second-order valence-electron chi connectivity index (χ2n) is 11.7. The van der Waals surface area contributed by atoms with Crippen LogP contribution in [0.1, 0.15) is 61.6 Å². The van der Waals surface area contributed by atoms with Crippen LogP contribution in [0.5, 0.6) is 5.75 Å². The van der Waals surface area contributed by atoms with Crippen molar-refractivity contribution in [3.63, 3.8) is 0 Å². The number of benzene rings is 1. The molecule has 210 valence electrons. The fraction of sp³-hybridized carbons (Fsp3) is 0.552. The van der Waals surface area contributed by atoms with Crippen LogP contribution in [0, 0.1) is 17.8 Å². The number of nitrogens with two attached hydrogens (primary N) is 1. The number of aliphatic hydroxyl groups is 3. The van der Waals surface area contributed by atoms with E-state index in [4.69, 9.17) is 5.73 Å². The lowest BCUT2D eigenvalue weighted by molar-refractivity contribution is -0.147. The Morgan fingerprint density at radius 1 is 1.13 bits per heavy atom. The second-order valence-corrected chi connectivity index (χ2v) is 11.7. The first-order valence-corrected chi connectivity index (χ1v) is 13.7. The van der Waals surface area contributed by atoms with Gasteiger partial charge in [-0.25, -0.2) is 0 Å². The third-order valence-electron chi connectivity index (χ3n) is 9.04. The Morgan fingerprint density at radius 3 is 2.46 bits per heavy atom. The number of fused-ring (bicyclic) bond motifs is 3. The lowest BCUT2D eigenvalue weighted by Crippen LogP contribution is -2.58. The normalized spacial score (nSPS) is 27.3. The molecule has 39 heavy (non-hydrogen) atoms. The van der Waals surface area contributed by atoms with Crippen molar-refractivity contribution < 1.29 is 34.8 Å². The predicted molar refractivity (Wildman–Crippen MR) is 144 cm³/mol. The van der Waals surface area contributed by atoms with E-state index in [1.165, 1.54) is 32.1 Å². The summed E-state index contributed by atoms with van der Waals surface area (Å²) in [6.07, 6.45) is 6.27. The zero-order valence-electron chi connectivity index (χ0n) is 22.4. The van der Waals surface area contributed by atoms with Gasteiger partial charge >= 0.3 is 0 Å². The number of primary amides is 1. The molecule has 4 aliphatic carbocycles. The molecule has 3 atom stereocenters. The molecule has 1 aromatic rings. The molecule has 1 amide bonds. The van der Waals surface area contributed by atoms with Gasteiger partial charge < -0.3 is 36.4 Å². The molecule has 0 heterocycles. The number of Topliss-reactive ketones (excluding diaryl/α,β-unsaturated/α-hetero) is 2. The number of amides is 1. The molecule has 0 radical (unpaired) electrons. The number of aliphatic hydroxyl groups excluding tert-OH is 2. The van der Waals surface area contributed by atoms with Gasteiger partial charge in [0, 0.05) is 44.2 Å². The maximum Gasteiger partial charge on any atom is 0.255 e. The number of hydrogen-bond acceptors (Lipinski definition) is 9. The lowest BCUT2D eigenvalue weighted by Gasteiger charge is -2.46. The standard InChI is InChI=1S/C29H37N3O7/c1-32(2)24-16(13-31-12-14-6-4-3-5-7-14)10-19(33)22-18(24)9-15-8-17-11-20(34)23(28(30)38)27(37)29(17,39)26(36)21(15)25(22)35/h10,14-15,17,31,33,35,37,39H,3-9,11-13H2,1-2H3,(H2,30,38)/t15?,17-,29-/m0/s1. The van der Waals surface area contributed by atoms with Crippen LogP contribution < -0.4 is 16.0 Å². The Morgan fingerprint density at radius 2 is 1.82 bits per heavy atom. The van der Waals surface area contributed by atoms with Crippen LogP contribution in [0.3, 0.4) is 0 Å². The molecule has 0 spiro atoms. The molecule has 4 aliphatic rings. The van der Waals surface area contributed by atoms with Crippen LogP contribution in [0.4, 0.5) is 5.69 Å². The van der Waals surface area contributed by atoms with Crippen LogP contribution in [0.25, 0.3) is 5.76 Å². The van der Waals surface area contributed by atoms with E-state index < -0.39 is 52.0 Å². The number of aromatic hydroxyl groups is 1. The number of nitrogens with zero attached hydrogens (tertiary/aromatic N) is 1. The van der Waals surface area contributed by atoms with Crippen molar-refractivity contribution in [1.82, 2.24) is 5.32 Å². The Balaban J connectivity index is 1.54. The van der Waals surface area contributed by atoms with Gasteiger partial charge in [0.15, 0.2) is 11.4 Å². The van der Waals surface area contributed by atoms with E-state index in [0.29, 0.717) is 18.0 Å². The van der Waals surface area contributed by atoms with Crippen molar-refractivity contribution in [3.05, 3.63) is 39.7 Å². The number of hydrogen-bond donors (Lipinski definition) is 6. The van der Waals surface area contributed by atoms with Gasteiger partial charge in [-0.3, -0.25) is 14.4 Å². The van der Waals surface area contributed by atoms with Gasteiger partial charge in [-0.15, -0.1) is 0 Å². The number of carbonyl (C=O) groups is 3. The molecule has 7 N–H and O–H groups in total. The van der Waals surface area contributed by atoms with Crippen LogP contribution in [0.15, 0.2) is 23.0 Å². The summed E-state index contributed by atoms with van der Waals surface area (Å²) in [6, 6.07) is 1.59. The molecule has 0 aliphatic heterocycles. The molecular weight excluding hydrogens is 502 g/mol. The Bertz CT molecular complexity index is 1310. The van der Waals surface area contributed by atoms with Crippen LogP contribution in [0.2, 0.25) is 0 Å². The minimum Gasteiger partial charge on any atom is -0.508 e. The summed E-state index contributed by atoms with van der Waals surface area (Å²) in [6.45, 7) is 1.41. The van der Waals surface area contributed by atoms with Crippen LogP contribution >= 0.6 is 0 Å². The number of rotatable bonds is 6. The van der Waals surface area contributed by atoms with Crippen LogP contribution in [-0.4, -0.2) is 64.1 Å². The van der Waals surface area contributed by atoms with Crippen molar-refractivity contribution in [2.45, 2.75) is 63.5 Å². The highest BCUT2D eigenvalue weighted by Crippen LogP contribution is 2.53. The number of anilines is 1. The van der Waals surface area contributed by atoms with Crippen molar-refractivity contribution >= 4 is 28.9 Å². The van der Waals surface area contributed by atoms with Crippen molar-refractivity contribution in [2.75, 3.05) is 25.5 Å². The third kappa shape index (κ3) is 4.30. The fourth-order valence-corrected chi connectivity index (χ4v) is 7.24. The minimum atomic E-state index is -2.56. The minimum absolute atomic E-state index is 0.112. The fourth-order valence-electron chi connectivity index (χ4n) is 7.24. The number of carbonyl (C=O) groups excluding carboxylic acids is 3. The number of ketones is 2. The van der Waals surface area contributed by atoms with Crippen LogP contribution in [-0.2, 0) is 27.3 Å². The average Bonchev–Trinajstić information content (AvgIpc) is 2.86. The molecule has 0 saturated heterocycles. The highest BCUT2D eigenvalue weighted by Gasteiger charge is 2.60. The summed E-state index contributed by atoms with van der Waals surface area (Å²) >= 11 is 0. The SMILES string of the molecule is CN(C)c1c(CNCC2CCCCC2)cc(O)c2c1CC1C[C@H]3CC(=O)C(C(N)=O)=C(O)[C@@]3(O)C(=O)C1=C2O. The average molecular weight is 540 g/mol. The maximum atomic E-state index is 13.7. The Labute approximate surface area is 227 Å². The van der Waals surface area contributed by atoms with Gasteiger partial charge in [0.05, 0.1) is 5.56 Å². The molecule has 1 unspecified atom stereocenters. The highest BCUT2D eigenvalue weighted by atomic mass is 16.3. The van der Waals surface area contributed by atoms with E-state index in [-0.39, 0.29) is 36.1 Å². The molecule has 0 aromatic heterocycles. The summed E-state index contributed by atoms with van der Waals surface area (Å²) in [5, 5.41) is 48.1. The first-order valence-electron chi connectivity index (χ1n) is 13.7. The Kier molecular flexibility index (Phi) is 6.97. The number of phenolic OH excluding ortho intramolecular Hbond substituents is 1. The maximum absolute atomic E-state index is 13.7. The summed E-state index contributed by atoms with van der Waals surface area (Å²) in [7, 11) is 3.76. The van der Waals surface area contributed by atoms with Crippen molar-refractivity contribution in [1.29, 1.82) is 0 Å². The van der Waals surface area contributed by atoms with Gasteiger partial charge in [-0.1, -0.05) is 19.3 Å². The van der Waals surface area contributed by atoms with Gasteiger partial charge in [0.2, 0.25) is 5.78 Å². The van der Waals surface area contributed by atoms with Gasteiger partial charge in [-0.2, -0.15) is 0 Å². The molecular formula is C29H37N3O7. The van der Waals surface area contributed by atoms with E-state index in [2.05, 4.69) is 5.32 Å². The molecule has 1 aromatic carbocycles. The topological polar surface area (TPSA) is 173 Å². The zero-order valence-corrected chi connectivity index (χ0v) is 22.4. The first-order chi connectivity index (χ1) is 18.5. The van der Waals surface area contributed by atoms with Gasteiger partial charge in [0.25, 0.3) is 5.91 Å². The zero-order chi connectivity index (χ0) is 28.2. The van der Waals surface area contributed by atoms with Crippen molar-refractivity contribution in [3.8, 4) is 5.75 Å². The lowest BCUT2D eigenvalue weighted by atomic mass is 9.59. The van der Waals surface area contributed by atoms with E-state index in [1.807, 2.05) is 19.0 Å². The summed E-state index contributed by atoms with van der Waals surface area (Å²) in [5.74, 6) is -5.58. The largest absolute Gasteiger partial charge is 0.508 e. The smallest absolute Gasteiger partial charge is 0.255 e. The molecule has 2 saturated carbocycles. The molecule has 10 nitrogen and oxygen atoms in total. The van der Waals surface area contributed by atoms with Gasteiger partial charge in [0.1, 0.15) is 22.8 Å². The van der Waals surface area contributed by atoms with E-state index in [9.17, 15) is 34.8 Å². The molecule has 10 heteroatoms. The predicted octanol–water partition coefficient (Wildman–Crippen LogP) is 2.16. The third-order valence-corrected chi connectivity index (χ3v) is 9.04. The second kappa shape index (κ2) is 9.98. The number of phenols is 1. The first kappa shape index (κ1) is 27.2. The summed E-state index contributed by atoms with van der Waals surface area (Å²) in [4.78, 5) is 40.0.